The van der Waals surface area contributed by atoms with Gasteiger partial charge in [-0.15, -0.1) is 0 Å². The number of rotatable bonds is 2. The fourth-order valence-corrected chi connectivity index (χ4v) is 2.47. The summed E-state index contributed by atoms with van der Waals surface area (Å²) >= 11 is 0. The van der Waals surface area contributed by atoms with Gasteiger partial charge in [-0.25, -0.2) is 0 Å². The van der Waals surface area contributed by atoms with Crippen molar-refractivity contribution < 1.29 is 5.11 Å². The lowest BCUT2D eigenvalue weighted by Crippen LogP contribution is -1.95. The van der Waals surface area contributed by atoms with Gasteiger partial charge in [-0.1, -0.05) is 43.3 Å². The van der Waals surface area contributed by atoms with E-state index in [1.54, 1.807) is 6.07 Å². The zero-order valence-electron chi connectivity index (χ0n) is 10.2. The Morgan fingerprint density at radius 2 is 1.67 bits per heavy atom. The van der Waals surface area contributed by atoms with E-state index in [1.807, 2.05) is 36.5 Å². The lowest BCUT2D eigenvalue weighted by atomic mass is 9.92. The summed E-state index contributed by atoms with van der Waals surface area (Å²) in [6.45, 7) is 2.12. The molecule has 2 nitrogen and oxygen atoms in total. The van der Waals surface area contributed by atoms with Crippen LogP contribution in [-0.2, 0) is 0 Å². The summed E-state index contributed by atoms with van der Waals surface area (Å²) in [7, 11) is 0. The second-order valence-electron chi connectivity index (χ2n) is 4.57. The lowest BCUT2D eigenvalue weighted by molar-refractivity contribution is 0.466. The van der Waals surface area contributed by atoms with Crippen LogP contribution < -0.4 is 0 Å². The first-order valence-electron chi connectivity index (χ1n) is 6.11. The van der Waals surface area contributed by atoms with Crippen LogP contribution in [0.15, 0.2) is 54.7 Å². The van der Waals surface area contributed by atoms with Gasteiger partial charge < -0.3 is 10.1 Å². The number of aromatic hydroxyl groups is 1. The van der Waals surface area contributed by atoms with E-state index in [2.05, 4.69) is 24.0 Å². The van der Waals surface area contributed by atoms with E-state index >= 15 is 0 Å². The molecule has 0 fully saturated rings. The summed E-state index contributed by atoms with van der Waals surface area (Å²) in [6, 6.07) is 15.8. The fourth-order valence-electron chi connectivity index (χ4n) is 2.47. The van der Waals surface area contributed by atoms with Crippen molar-refractivity contribution in [3.05, 3.63) is 65.9 Å². The summed E-state index contributed by atoms with van der Waals surface area (Å²) in [5, 5.41) is 11.2. The largest absolute Gasteiger partial charge is 0.508 e. The van der Waals surface area contributed by atoms with Crippen LogP contribution in [0.25, 0.3) is 10.9 Å². The highest BCUT2D eigenvalue weighted by Crippen LogP contribution is 2.34. The number of benzene rings is 2. The Hall–Kier alpha value is -2.22. The fraction of sp³-hybridized carbons (Fsp3) is 0.125. The van der Waals surface area contributed by atoms with Gasteiger partial charge in [0.05, 0.1) is 0 Å². The van der Waals surface area contributed by atoms with Crippen molar-refractivity contribution >= 4 is 10.9 Å². The Labute approximate surface area is 106 Å². The normalized spacial score (nSPS) is 12.7. The topological polar surface area (TPSA) is 36.0 Å². The Morgan fingerprint density at radius 3 is 2.50 bits per heavy atom. The van der Waals surface area contributed by atoms with Crippen LogP contribution in [0.2, 0.25) is 0 Å². The number of H-pyrrole nitrogens is 1. The second kappa shape index (κ2) is 4.22. The predicted octanol–water partition coefficient (Wildman–Crippen LogP) is 4.03. The van der Waals surface area contributed by atoms with Crippen molar-refractivity contribution in [1.29, 1.82) is 0 Å². The number of phenols is 1. The van der Waals surface area contributed by atoms with Gasteiger partial charge in [0.1, 0.15) is 5.75 Å². The summed E-state index contributed by atoms with van der Waals surface area (Å²) in [5.41, 5.74) is 3.31. The average Bonchev–Trinajstić information content (AvgIpc) is 2.82. The first kappa shape index (κ1) is 10.9. The van der Waals surface area contributed by atoms with E-state index < -0.39 is 0 Å². The van der Waals surface area contributed by atoms with Crippen LogP contribution in [0.3, 0.4) is 0 Å². The molecule has 0 aliphatic carbocycles. The van der Waals surface area contributed by atoms with E-state index in [1.165, 1.54) is 10.9 Å². The molecule has 3 aromatic rings. The van der Waals surface area contributed by atoms with E-state index in [0.29, 0.717) is 5.75 Å². The van der Waals surface area contributed by atoms with Crippen molar-refractivity contribution in [2.45, 2.75) is 12.8 Å². The Kier molecular flexibility index (Phi) is 2.56. The molecule has 0 radical (unpaired) electrons. The number of para-hydroxylation sites is 2. The molecule has 0 saturated carbocycles. The number of phenolic OH excluding ortho intramolecular Hbond substituents is 1. The zero-order valence-corrected chi connectivity index (χ0v) is 10.2. The third kappa shape index (κ3) is 1.66. The molecular weight excluding hydrogens is 222 g/mol. The van der Waals surface area contributed by atoms with Crippen LogP contribution in [0.1, 0.15) is 24.0 Å². The van der Waals surface area contributed by atoms with Gasteiger partial charge in [0.15, 0.2) is 0 Å². The van der Waals surface area contributed by atoms with Crippen LogP contribution in [-0.4, -0.2) is 10.1 Å². The van der Waals surface area contributed by atoms with E-state index in [9.17, 15) is 5.11 Å². The van der Waals surface area contributed by atoms with Crippen molar-refractivity contribution in [3.8, 4) is 5.75 Å². The van der Waals surface area contributed by atoms with Crippen molar-refractivity contribution in [2.24, 2.45) is 0 Å². The number of fused-ring (bicyclic) bond motifs is 1. The molecule has 90 valence electrons. The maximum atomic E-state index is 9.94. The summed E-state index contributed by atoms with van der Waals surface area (Å²) in [5.74, 6) is 0.526. The maximum Gasteiger partial charge on any atom is 0.119 e. The molecular formula is C16H15NO. The highest BCUT2D eigenvalue weighted by Gasteiger charge is 2.15. The van der Waals surface area contributed by atoms with Gasteiger partial charge in [-0.2, -0.15) is 0 Å². The molecule has 1 heterocycles. The number of nitrogens with one attached hydrogen (secondary N) is 1. The molecule has 0 amide bonds. The lowest BCUT2D eigenvalue weighted by Gasteiger charge is -2.12. The predicted molar refractivity (Wildman–Crippen MR) is 73.9 cm³/mol. The molecule has 0 spiro atoms. The van der Waals surface area contributed by atoms with Crippen molar-refractivity contribution in [1.82, 2.24) is 4.98 Å². The number of hydrogen-bond acceptors (Lipinski definition) is 1. The molecule has 2 aromatic carbocycles. The minimum absolute atomic E-state index is 0.169. The minimum atomic E-state index is 0.169. The molecule has 0 unspecified atom stereocenters. The van der Waals surface area contributed by atoms with Gasteiger partial charge in [-0.3, -0.25) is 0 Å². The second-order valence-corrected chi connectivity index (χ2v) is 4.57. The van der Waals surface area contributed by atoms with E-state index in [-0.39, 0.29) is 5.92 Å². The molecule has 2 heteroatoms. The minimum Gasteiger partial charge on any atom is -0.508 e. The van der Waals surface area contributed by atoms with E-state index in [0.717, 1.165) is 11.1 Å². The van der Waals surface area contributed by atoms with Gasteiger partial charge in [0, 0.05) is 28.6 Å². The van der Waals surface area contributed by atoms with Crippen molar-refractivity contribution in [2.75, 3.05) is 0 Å². The molecule has 0 aliphatic heterocycles. The molecule has 3 rings (SSSR count). The average molecular weight is 237 g/mol. The van der Waals surface area contributed by atoms with Crippen LogP contribution in [0, 0.1) is 0 Å². The van der Waals surface area contributed by atoms with E-state index in [4.69, 9.17) is 0 Å². The molecule has 1 aromatic heterocycles. The Balaban J connectivity index is 2.13. The first-order valence-corrected chi connectivity index (χ1v) is 6.11. The van der Waals surface area contributed by atoms with Crippen LogP contribution in [0.4, 0.5) is 0 Å². The first-order chi connectivity index (χ1) is 8.77. The molecule has 0 aliphatic rings. The Morgan fingerprint density at radius 1 is 0.944 bits per heavy atom. The Bertz CT molecular complexity index is 684. The van der Waals surface area contributed by atoms with Crippen molar-refractivity contribution in [3.63, 3.8) is 0 Å². The number of aromatic nitrogens is 1. The molecule has 18 heavy (non-hydrogen) atoms. The van der Waals surface area contributed by atoms with Crippen LogP contribution >= 0.6 is 0 Å². The van der Waals surface area contributed by atoms with Gasteiger partial charge in [0.2, 0.25) is 0 Å². The summed E-state index contributed by atoms with van der Waals surface area (Å²) in [6.07, 6.45) is 2.03. The SMILES string of the molecule is C[C@H](c1ccccc1O)c1c[nH]c2ccccc12. The molecule has 0 saturated heterocycles. The number of aromatic amines is 1. The van der Waals surface area contributed by atoms with Gasteiger partial charge >= 0.3 is 0 Å². The highest BCUT2D eigenvalue weighted by molar-refractivity contribution is 5.84. The van der Waals surface area contributed by atoms with Crippen LogP contribution in [0.5, 0.6) is 5.75 Å². The quantitative estimate of drug-likeness (QED) is 0.693. The highest BCUT2D eigenvalue weighted by atomic mass is 16.3. The monoisotopic (exact) mass is 237 g/mol. The third-order valence-electron chi connectivity index (χ3n) is 3.49. The molecule has 0 bridgehead atoms. The summed E-state index contributed by atoms with van der Waals surface area (Å²) < 4.78 is 0. The molecule has 2 N–H and O–H groups in total. The van der Waals surface area contributed by atoms with Gasteiger partial charge in [-0.05, 0) is 17.7 Å². The summed E-state index contributed by atoms with van der Waals surface area (Å²) in [4.78, 5) is 3.28. The molecule has 1 atom stereocenters. The third-order valence-corrected chi connectivity index (χ3v) is 3.49. The number of hydrogen-bond donors (Lipinski definition) is 2. The van der Waals surface area contributed by atoms with Gasteiger partial charge in [0.25, 0.3) is 0 Å². The standard InChI is InChI=1S/C16H15NO/c1-11(12-6-3-5-9-16(12)18)14-10-17-15-8-4-2-7-13(14)15/h2-11,17-18H,1H3/t11-/m1/s1. The smallest absolute Gasteiger partial charge is 0.119 e. The maximum absolute atomic E-state index is 9.94. The zero-order chi connectivity index (χ0) is 12.5.